The fourth-order valence-electron chi connectivity index (χ4n) is 4.82. The number of carbonyl (C=O) groups is 1. The topological polar surface area (TPSA) is 101 Å². The number of hydrogen-bond acceptors (Lipinski definition) is 6. The number of pyridine rings is 1. The number of rotatable bonds is 10. The van der Waals surface area contributed by atoms with Crippen LogP contribution in [0.2, 0.25) is 0 Å². The lowest BCUT2D eigenvalue weighted by Gasteiger charge is -2.21. The Labute approximate surface area is 250 Å². The Morgan fingerprint density at radius 1 is 0.860 bits per heavy atom. The number of anilines is 3. The molecule has 0 aliphatic heterocycles. The van der Waals surface area contributed by atoms with E-state index < -0.39 is 15.9 Å². The van der Waals surface area contributed by atoms with Gasteiger partial charge in [0.15, 0.2) is 0 Å². The van der Waals surface area contributed by atoms with E-state index in [-0.39, 0.29) is 16.4 Å². The number of fused-ring (bicyclic) bond motifs is 1. The van der Waals surface area contributed by atoms with Crippen LogP contribution in [0.5, 0.6) is 5.75 Å². The number of aromatic nitrogens is 1. The maximum absolute atomic E-state index is 14.0. The molecule has 0 saturated heterocycles. The van der Waals surface area contributed by atoms with Gasteiger partial charge in [0.2, 0.25) is 10.0 Å². The lowest BCUT2D eigenvalue weighted by atomic mass is 10.0. The van der Waals surface area contributed by atoms with E-state index in [1.807, 2.05) is 30.3 Å². The number of sulfonamides is 1. The average Bonchev–Trinajstić information content (AvgIpc) is 3.02. The molecule has 1 heterocycles. The first kappa shape index (κ1) is 29.7. The summed E-state index contributed by atoms with van der Waals surface area (Å²) in [6, 6.07) is 26.6. The molecule has 8 nitrogen and oxygen atoms in total. The third-order valence-corrected chi connectivity index (χ3v) is 9.11. The first-order valence-corrected chi connectivity index (χ1v) is 15.2. The van der Waals surface area contributed by atoms with Crippen LogP contribution in [-0.2, 0) is 10.0 Å². The molecule has 1 amide bonds. The van der Waals surface area contributed by atoms with Crippen molar-refractivity contribution in [1.29, 1.82) is 0 Å². The van der Waals surface area contributed by atoms with Crippen molar-refractivity contribution in [3.05, 3.63) is 108 Å². The zero-order chi connectivity index (χ0) is 30.6. The van der Waals surface area contributed by atoms with Gasteiger partial charge in [-0.3, -0.25) is 4.79 Å². The van der Waals surface area contributed by atoms with Crippen molar-refractivity contribution in [3.8, 4) is 17.0 Å². The van der Waals surface area contributed by atoms with E-state index >= 15 is 0 Å². The lowest BCUT2D eigenvalue weighted by Crippen LogP contribution is -2.30. The number of nitrogens with one attached hydrogen (secondary N) is 2. The Morgan fingerprint density at radius 3 is 2.28 bits per heavy atom. The molecule has 10 heteroatoms. The van der Waals surface area contributed by atoms with E-state index in [0.717, 1.165) is 0 Å². The number of benzene rings is 4. The molecule has 5 aromatic rings. The maximum Gasteiger partial charge on any atom is 0.256 e. The molecule has 0 aliphatic rings. The van der Waals surface area contributed by atoms with Crippen molar-refractivity contribution in [3.63, 3.8) is 0 Å². The van der Waals surface area contributed by atoms with E-state index in [2.05, 4.69) is 15.6 Å². The molecule has 4 aromatic carbocycles. The van der Waals surface area contributed by atoms with E-state index in [4.69, 9.17) is 4.74 Å². The number of hydrogen-bond donors (Lipinski definition) is 2. The second kappa shape index (κ2) is 12.6. The molecule has 0 saturated carbocycles. The summed E-state index contributed by atoms with van der Waals surface area (Å²) in [7, 11) is -2.27. The molecule has 0 fully saturated rings. The zero-order valence-electron chi connectivity index (χ0n) is 24.0. The molecule has 5 rings (SSSR count). The Hall–Kier alpha value is -4.80. The molecular formula is C33H31FN4O4S. The van der Waals surface area contributed by atoms with Crippen molar-refractivity contribution >= 4 is 43.9 Å². The second-order valence-corrected chi connectivity index (χ2v) is 11.6. The standard InChI is InChI=1S/C33H31FN4O4S/c1-4-38(5-2)43(40,41)24-18-19-28(36-29-12-8-9-13-32(29)42-3)31(20-24)37-33(39)26-21-30(22-14-16-23(34)17-15-22)35-27-11-7-6-10-25(26)27/h6-21,36H,4-5H2,1-3H3,(H,37,39). The lowest BCUT2D eigenvalue weighted by molar-refractivity contribution is 0.102. The van der Waals surface area contributed by atoms with Gasteiger partial charge in [-0.2, -0.15) is 4.31 Å². The van der Waals surface area contributed by atoms with Gasteiger partial charge in [0, 0.05) is 24.0 Å². The first-order valence-electron chi connectivity index (χ1n) is 13.8. The highest BCUT2D eigenvalue weighted by Crippen LogP contribution is 2.34. The first-order chi connectivity index (χ1) is 20.7. The summed E-state index contributed by atoms with van der Waals surface area (Å²) in [5.74, 6) is -0.275. The molecule has 0 radical (unpaired) electrons. The van der Waals surface area contributed by atoms with Gasteiger partial charge < -0.3 is 15.4 Å². The van der Waals surface area contributed by atoms with Crippen LogP contribution < -0.4 is 15.4 Å². The third kappa shape index (κ3) is 6.20. The van der Waals surface area contributed by atoms with Gasteiger partial charge in [0.05, 0.1) is 45.8 Å². The number of halogens is 1. The van der Waals surface area contributed by atoms with Gasteiger partial charge in [-0.25, -0.2) is 17.8 Å². The summed E-state index contributed by atoms with van der Waals surface area (Å²) in [5.41, 5.74) is 3.40. The van der Waals surface area contributed by atoms with Crippen LogP contribution >= 0.6 is 0 Å². The van der Waals surface area contributed by atoms with Crippen LogP contribution in [0.15, 0.2) is 102 Å². The van der Waals surface area contributed by atoms with Crippen LogP contribution in [0.1, 0.15) is 24.2 Å². The van der Waals surface area contributed by atoms with Gasteiger partial charge in [0.1, 0.15) is 11.6 Å². The molecule has 220 valence electrons. The van der Waals surface area contributed by atoms with E-state index in [1.54, 1.807) is 63.4 Å². The molecule has 1 aromatic heterocycles. The predicted molar refractivity (Wildman–Crippen MR) is 168 cm³/mol. The van der Waals surface area contributed by atoms with Gasteiger partial charge in [-0.1, -0.05) is 44.2 Å². The predicted octanol–water partition coefficient (Wildman–Crippen LogP) is 7.08. The Balaban J connectivity index is 1.61. The van der Waals surface area contributed by atoms with Crippen molar-refractivity contribution in [1.82, 2.24) is 9.29 Å². The molecular weight excluding hydrogens is 567 g/mol. The Kier molecular flexibility index (Phi) is 8.70. The summed E-state index contributed by atoms with van der Waals surface area (Å²) < 4.78 is 47.3. The zero-order valence-corrected chi connectivity index (χ0v) is 24.8. The number of ether oxygens (including phenoxy) is 1. The average molecular weight is 599 g/mol. The largest absolute Gasteiger partial charge is 0.495 e. The number of amides is 1. The van der Waals surface area contributed by atoms with Gasteiger partial charge >= 0.3 is 0 Å². The molecule has 0 aliphatic carbocycles. The number of carbonyl (C=O) groups excluding carboxylic acids is 1. The second-order valence-electron chi connectivity index (χ2n) is 9.66. The van der Waals surface area contributed by atoms with E-state index in [0.29, 0.717) is 57.9 Å². The number of nitrogens with zero attached hydrogens (tertiary/aromatic N) is 2. The summed E-state index contributed by atoms with van der Waals surface area (Å²) in [5, 5.41) is 6.82. The minimum Gasteiger partial charge on any atom is -0.495 e. The van der Waals surface area contributed by atoms with E-state index in [9.17, 15) is 17.6 Å². The highest BCUT2D eigenvalue weighted by molar-refractivity contribution is 7.89. The highest BCUT2D eigenvalue weighted by atomic mass is 32.2. The number of para-hydroxylation sites is 3. The van der Waals surface area contributed by atoms with Crippen LogP contribution in [0.4, 0.5) is 21.5 Å². The minimum atomic E-state index is -3.82. The molecule has 0 unspecified atom stereocenters. The van der Waals surface area contributed by atoms with Crippen LogP contribution in [0.3, 0.4) is 0 Å². The number of methoxy groups -OCH3 is 1. The summed E-state index contributed by atoms with van der Waals surface area (Å²) in [4.78, 5) is 18.7. The summed E-state index contributed by atoms with van der Waals surface area (Å²) in [6.07, 6.45) is 0. The van der Waals surface area contributed by atoms with Crippen molar-refractivity contribution in [2.45, 2.75) is 18.7 Å². The van der Waals surface area contributed by atoms with Crippen molar-refractivity contribution in [2.24, 2.45) is 0 Å². The molecule has 2 N–H and O–H groups in total. The van der Waals surface area contributed by atoms with Gasteiger partial charge in [0.25, 0.3) is 5.91 Å². The van der Waals surface area contributed by atoms with Crippen LogP contribution in [-0.4, -0.2) is 43.8 Å². The van der Waals surface area contributed by atoms with Crippen LogP contribution in [0.25, 0.3) is 22.2 Å². The molecule has 43 heavy (non-hydrogen) atoms. The monoisotopic (exact) mass is 598 g/mol. The van der Waals surface area contributed by atoms with Crippen LogP contribution in [0, 0.1) is 5.82 Å². The molecule has 0 atom stereocenters. The molecule has 0 bridgehead atoms. The highest BCUT2D eigenvalue weighted by Gasteiger charge is 2.24. The Morgan fingerprint density at radius 2 is 1.56 bits per heavy atom. The smallest absolute Gasteiger partial charge is 0.256 e. The molecule has 0 spiro atoms. The van der Waals surface area contributed by atoms with Gasteiger partial charge in [-0.15, -0.1) is 0 Å². The quantitative estimate of drug-likeness (QED) is 0.178. The fourth-order valence-corrected chi connectivity index (χ4v) is 6.31. The van der Waals surface area contributed by atoms with Crippen molar-refractivity contribution in [2.75, 3.05) is 30.8 Å². The summed E-state index contributed by atoms with van der Waals surface area (Å²) in [6.45, 7) is 4.15. The maximum atomic E-state index is 14.0. The SMILES string of the molecule is CCN(CC)S(=O)(=O)c1ccc(Nc2ccccc2OC)c(NC(=O)c2cc(-c3ccc(F)cc3)nc3ccccc23)c1. The Bertz CT molecular complexity index is 1890. The van der Waals surface area contributed by atoms with E-state index in [1.165, 1.54) is 28.6 Å². The fraction of sp³-hybridized carbons (Fsp3) is 0.152. The minimum absolute atomic E-state index is 0.0451. The van der Waals surface area contributed by atoms with Gasteiger partial charge in [-0.05, 0) is 66.7 Å². The van der Waals surface area contributed by atoms with Crippen molar-refractivity contribution < 1.29 is 22.3 Å². The normalized spacial score (nSPS) is 11.5. The summed E-state index contributed by atoms with van der Waals surface area (Å²) >= 11 is 0. The third-order valence-electron chi connectivity index (χ3n) is 7.06.